The highest BCUT2D eigenvalue weighted by molar-refractivity contribution is 8.00. The molecule has 0 fully saturated rings. The lowest BCUT2D eigenvalue weighted by Crippen LogP contribution is -2.14. The first kappa shape index (κ1) is 21.1. The molecule has 0 saturated heterocycles. The molecule has 4 rings (SSSR count). The Morgan fingerprint density at radius 1 is 1.13 bits per heavy atom. The highest BCUT2D eigenvalue weighted by atomic mass is 32.2. The second-order valence-electron chi connectivity index (χ2n) is 6.38. The lowest BCUT2D eigenvalue weighted by Gasteiger charge is -2.10. The maximum Gasteiger partial charge on any atom is 0.234 e. The Kier molecular flexibility index (Phi) is 6.63. The molecule has 1 amide bonds. The number of aromatic nitrogens is 4. The lowest BCUT2D eigenvalue weighted by molar-refractivity contribution is -0.113. The summed E-state index contributed by atoms with van der Waals surface area (Å²) in [6, 6.07) is 13.7. The van der Waals surface area contributed by atoms with Crippen molar-refractivity contribution in [3.8, 4) is 5.69 Å². The second-order valence-corrected chi connectivity index (χ2v) is 8.41. The van der Waals surface area contributed by atoms with Gasteiger partial charge in [-0.05, 0) is 36.4 Å². The van der Waals surface area contributed by atoms with Crippen molar-refractivity contribution in [2.24, 2.45) is 0 Å². The number of fused-ring (bicyclic) bond motifs is 1. The number of para-hydroxylation sites is 1. The Hall–Kier alpha value is -3.17. The third-order valence-electron chi connectivity index (χ3n) is 4.26. The number of carbonyl (C=O) groups is 1. The van der Waals surface area contributed by atoms with Crippen LogP contribution in [0.1, 0.15) is 0 Å². The number of benzene rings is 2. The van der Waals surface area contributed by atoms with Crippen LogP contribution in [-0.2, 0) is 4.79 Å². The summed E-state index contributed by atoms with van der Waals surface area (Å²) in [5.74, 6) is 0.503. The minimum absolute atomic E-state index is 0.130. The summed E-state index contributed by atoms with van der Waals surface area (Å²) in [6.45, 7) is 3.73. The van der Waals surface area contributed by atoms with Crippen molar-refractivity contribution in [3.63, 3.8) is 0 Å². The highest BCUT2D eigenvalue weighted by Crippen LogP contribution is 2.28. The minimum atomic E-state index is -0.318. The first-order valence-electron chi connectivity index (χ1n) is 9.36. The van der Waals surface area contributed by atoms with Gasteiger partial charge in [-0.1, -0.05) is 30.0 Å². The van der Waals surface area contributed by atoms with Crippen molar-refractivity contribution in [1.82, 2.24) is 19.7 Å². The van der Waals surface area contributed by atoms with Crippen molar-refractivity contribution < 1.29 is 9.18 Å². The summed E-state index contributed by atoms with van der Waals surface area (Å²) in [5.41, 5.74) is 2.06. The van der Waals surface area contributed by atoms with Crippen LogP contribution < -0.4 is 5.32 Å². The first-order valence-corrected chi connectivity index (χ1v) is 11.3. The van der Waals surface area contributed by atoms with Gasteiger partial charge in [0, 0.05) is 10.6 Å². The van der Waals surface area contributed by atoms with Gasteiger partial charge in [-0.25, -0.2) is 19.0 Å². The number of hydrogen-bond acceptors (Lipinski definition) is 6. The average molecular weight is 452 g/mol. The molecule has 156 valence electrons. The summed E-state index contributed by atoms with van der Waals surface area (Å²) in [4.78, 5) is 22.2. The molecular formula is C22H18FN5OS2. The van der Waals surface area contributed by atoms with Gasteiger partial charge >= 0.3 is 0 Å². The molecule has 0 spiro atoms. The van der Waals surface area contributed by atoms with E-state index < -0.39 is 0 Å². The van der Waals surface area contributed by atoms with E-state index in [1.807, 2.05) is 30.3 Å². The molecule has 0 aliphatic heterocycles. The zero-order chi connectivity index (χ0) is 21.6. The molecule has 0 bridgehead atoms. The third-order valence-corrected chi connectivity index (χ3v) is 6.33. The van der Waals surface area contributed by atoms with Gasteiger partial charge in [-0.3, -0.25) is 4.79 Å². The number of halogens is 1. The number of thioether (sulfide) groups is 2. The molecule has 4 aromatic rings. The lowest BCUT2D eigenvalue weighted by atomic mass is 10.3. The van der Waals surface area contributed by atoms with Crippen LogP contribution in [0.4, 0.5) is 10.1 Å². The third kappa shape index (κ3) is 4.95. The van der Waals surface area contributed by atoms with E-state index in [0.717, 1.165) is 21.7 Å². The van der Waals surface area contributed by atoms with Gasteiger partial charge in [0.15, 0.2) is 5.65 Å². The van der Waals surface area contributed by atoms with Crippen LogP contribution in [0.25, 0.3) is 16.7 Å². The average Bonchev–Trinajstić information content (AvgIpc) is 3.22. The van der Waals surface area contributed by atoms with E-state index in [-0.39, 0.29) is 17.5 Å². The Labute approximate surface area is 187 Å². The van der Waals surface area contributed by atoms with Gasteiger partial charge in [0.2, 0.25) is 5.91 Å². The minimum Gasteiger partial charge on any atom is -0.324 e. The maximum atomic E-state index is 13.2. The molecule has 0 aliphatic rings. The summed E-state index contributed by atoms with van der Waals surface area (Å²) < 4.78 is 14.8. The predicted molar refractivity (Wildman–Crippen MR) is 123 cm³/mol. The Morgan fingerprint density at radius 3 is 2.74 bits per heavy atom. The number of nitrogens with zero attached hydrogens (tertiary/aromatic N) is 4. The molecular weight excluding hydrogens is 433 g/mol. The van der Waals surface area contributed by atoms with Gasteiger partial charge in [-0.2, -0.15) is 5.10 Å². The van der Waals surface area contributed by atoms with Crippen molar-refractivity contribution in [3.05, 3.63) is 79.5 Å². The molecule has 2 aromatic carbocycles. The van der Waals surface area contributed by atoms with Gasteiger partial charge in [0.05, 0.1) is 28.7 Å². The van der Waals surface area contributed by atoms with Crippen molar-refractivity contribution in [2.75, 3.05) is 16.8 Å². The fourth-order valence-electron chi connectivity index (χ4n) is 2.87. The summed E-state index contributed by atoms with van der Waals surface area (Å²) in [5, 5.41) is 8.70. The molecule has 6 nitrogen and oxygen atoms in total. The van der Waals surface area contributed by atoms with E-state index in [1.165, 1.54) is 30.2 Å². The normalized spacial score (nSPS) is 10.9. The molecule has 0 saturated carbocycles. The molecule has 9 heteroatoms. The molecule has 0 aliphatic carbocycles. The molecule has 0 unspecified atom stereocenters. The smallest absolute Gasteiger partial charge is 0.234 e. The van der Waals surface area contributed by atoms with Gasteiger partial charge in [-0.15, -0.1) is 18.3 Å². The number of hydrogen-bond donors (Lipinski definition) is 1. The topological polar surface area (TPSA) is 72.7 Å². The molecule has 0 atom stereocenters. The Balaban J connectivity index is 1.48. The Morgan fingerprint density at radius 2 is 1.94 bits per heavy atom. The molecule has 2 heterocycles. The quantitative estimate of drug-likeness (QED) is 0.232. The van der Waals surface area contributed by atoms with Crippen LogP contribution >= 0.6 is 23.5 Å². The first-order chi connectivity index (χ1) is 15.2. The zero-order valence-corrected chi connectivity index (χ0v) is 18.0. The highest BCUT2D eigenvalue weighted by Gasteiger charge is 2.14. The van der Waals surface area contributed by atoms with Crippen molar-refractivity contribution in [2.45, 2.75) is 9.92 Å². The molecule has 31 heavy (non-hydrogen) atoms. The van der Waals surface area contributed by atoms with Crippen LogP contribution in [0, 0.1) is 5.82 Å². The summed E-state index contributed by atoms with van der Waals surface area (Å²) in [7, 11) is 0. The summed E-state index contributed by atoms with van der Waals surface area (Å²) in [6.07, 6.45) is 4.91. The van der Waals surface area contributed by atoms with E-state index in [0.29, 0.717) is 16.4 Å². The van der Waals surface area contributed by atoms with Crippen molar-refractivity contribution in [1.29, 1.82) is 0 Å². The van der Waals surface area contributed by atoms with E-state index in [4.69, 9.17) is 0 Å². The number of amides is 1. The molecule has 2 aromatic heterocycles. The maximum absolute atomic E-state index is 13.2. The predicted octanol–water partition coefficient (Wildman–Crippen LogP) is 4.96. The van der Waals surface area contributed by atoms with Crippen LogP contribution in [0.3, 0.4) is 0 Å². The van der Waals surface area contributed by atoms with Crippen LogP contribution in [0.5, 0.6) is 0 Å². The second kappa shape index (κ2) is 9.76. The largest absolute Gasteiger partial charge is 0.324 e. The molecule has 0 radical (unpaired) electrons. The Bertz CT molecular complexity index is 1230. The number of rotatable bonds is 8. The number of carbonyl (C=O) groups excluding carboxylic acids is 1. The van der Waals surface area contributed by atoms with E-state index >= 15 is 0 Å². The van der Waals surface area contributed by atoms with Gasteiger partial charge in [0.1, 0.15) is 17.2 Å². The van der Waals surface area contributed by atoms with E-state index in [1.54, 1.807) is 34.8 Å². The van der Waals surface area contributed by atoms with Crippen LogP contribution in [0.15, 0.2) is 83.6 Å². The van der Waals surface area contributed by atoms with Gasteiger partial charge < -0.3 is 5.32 Å². The SMILES string of the molecule is C=CCSc1ccccc1NC(=O)CSc1ncnc2c1cnn2-c1ccc(F)cc1. The van der Waals surface area contributed by atoms with Crippen molar-refractivity contribution >= 4 is 46.2 Å². The van der Waals surface area contributed by atoms with E-state index in [9.17, 15) is 9.18 Å². The monoisotopic (exact) mass is 451 g/mol. The standard InChI is InChI=1S/C22H18FN5OS2/c1-2-11-30-19-6-4-3-5-18(19)27-20(29)13-31-22-17-12-26-28(21(17)24-14-25-22)16-9-7-15(23)8-10-16/h2-10,12,14H,1,11,13H2,(H,27,29). The fourth-order valence-corrected chi connectivity index (χ4v) is 4.38. The number of nitrogens with one attached hydrogen (secondary N) is 1. The molecule has 1 N–H and O–H groups in total. The fraction of sp³-hybridized carbons (Fsp3) is 0.0909. The van der Waals surface area contributed by atoms with Crippen LogP contribution in [0.2, 0.25) is 0 Å². The number of anilines is 1. The summed E-state index contributed by atoms with van der Waals surface area (Å²) >= 11 is 2.92. The van der Waals surface area contributed by atoms with Gasteiger partial charge in [0.25, 0.3) is 0 Å². The van der Waals surface area contributed by atoms with E-state index in [2.05, 4.69) is 27.0 Å². The zero-order valence-electron chi connectivity index (χ0n) is 16.4. The van der Waals surface area contributed by atoms with Crippen LogP contribution in [-0.4, -0.2) is 37.2 Å².